The molecule has 1 aromatic heterocycles. The van der Waals surface area contributed by atoms with Crippen molar-refractivity contribution in [2.75, 3.05) is 32.6 Å². The fourth-order valence-electron chi connectivity index (χ4n) is 2.49. The SMILES string of the molecule is C#CCNC(=O)c1c(NCCC)nc(C#Cc2ccc(OC)c(OC)c2)n1C. The molecule has 1 amide bonds. The highest BCUT2D eigenvalue weighted by Crippen LogP contribution is 2.27. The summed E-state index contributed by atoms with van der Waals surface area (Å²) >= 11 is 0. The Morgan fingerprint density at radius 3 is 2.64 bits per heavy atom. The second kappa shape index (κ2) is 9.94. The third-order valence-electron chi connectivity index (χ3n) is 3.91. The number of nitrogens with zero attached hydrogens (tertiary/aromatic N) is 2. The second-order valence-electron chi connectivity index (χ2n) is 5.82. The molecule has 0 spiro atoms. The monoisotopic (exact) mass is 380 g/mol. The van der Waals surface area contributed by atoms with E-state index < -0.39 is 0 Å². The first-order valence-corrected chi connectivity index (χ1v) is 8.81. The Morgan fingerprint density at radius 1 is 1.25 bits per heavy atom. The molecule has 0 bridgehead atoms. The van der Waals surface area contributed by atoms with Crippen LogP contribution >= 0.6 is 0 Å². The van der Waals surface area contributed by atoms with Crippen LogP contribution in [0.4, 0.5) is 5.82 Å². The summed E-state index contributed by atoms with van der Waals surface area (Å²) in [6.07, 6.45) is 6.13. The van der Waals surface area contributed by atoms with Gasteiger partial charge in [0.2, 0.25) is 0 Å². The van der Waals surface area contributed by atoms with Crippen molar-refractivity contribution in [1.29, 1.82) is 0 Å². The number of carbonyl (C=O) groups is 1. The Kier molecular flexibility index (Phi) is 7.36. The van der Waals surface area contributed by atoms with Crippen LogP contribution in [0, 0.1) is 24.2 Å². The standard InChI is InChI=1S/C21H24N4O3/c1-6-12-22-20-19(21(26)23-13-7-2)25(3)18(24-20)11-9-15-8-10-16(27-4)17(14-15)28-5/h2,8,10,14,22H,6,12-13H2,1,3-5H3,(H,23,26). The Bertz CT molecular complexity index is 945. The number of imidazole rings is 1. The average molecular weight is 380 g/mol. The lowest BCUT2D eigenvalue weighted by Gasteiger charge is -2.07. The minimum Gasteiger partial charge on any atom is -0.493 e. The van der Waals surface area contributed by atoms with Gasteiger partial charge in [-0.1, -0.05) is 18.8 Å². The number of rotatable bonds is 7. The number of hydrogen-bond donors (Lipinski definition) is 2. The molecule has 0 saturated carbocycles. The zero-order valence-corrected chi connectivity index (χ0v) is 16.5. The van der Waals surface area contributed by atoms with Crippen molar-refractivity contribution < 1.29 is 14.3 Å². The molecule has 0 aliphatic carbocycles. The highest BCUT2D eigenvalue weighted by atomic mass is 16.5. The third kappa shape index (κ3) is 4.77. The highest BCUT2D eigenvalue weighted by molar-refractivity contribution is 5.97. The Morgan fingerprint density at radius 2 is 2.00 bits per heavy atom. The molecule has 0 radical (unpaired) electrons. The zero-order chi connectivity index (χ0) is 20.5. The van der Waals surface area contributed by atoms with Crippen LogP contribution in [-0.4, -0.2) is 42.8 Å². The summed E-state index contributed by atoms with van der Waals surface area (Å²) in [6, 6.07) is 5.40. The van der Waals surface area contributed by atoms with Crippen LogP contribution in [0.25, 0.3) is 0 Å². The van der Waals surface area contributed by atoms with Gasteiger partial charge in [-0.2, -0.15) is 0 Å². The summed E-state index contributed by atoms with van der Waals surface area (Å²) in [5.74, 6) is 10.3. The predicted octanol–water partition coefficient (Wildman–Crippen LogP) is 2.02. The van der Waals surface area contributed by atoms with Crippen molar-refractivity contribution in [3.63, 3.8) is 0 Å². The minimum absolute atomic E-state index is 0.143. The molecule has 0 saturated heterocycles. The molecule has 0 aliphatic rings. The molecule has 28 heavy (non-hydrogen) atoms. The van der Waals surface area contributed by atoms with Crippen LogP contribution in [0.2, 0.25) is 0 Å². The Hall–Kier alpha value is -3.58. The third-order valence-corrected chi connectivity index (χ3v) is 3.91. The largest absolute Gasteiger partial charge is 0.493 e. The summed E-state index contributed by atoms with van der Waals surface area (Å²) in [5, 5.41) is 5.83. The summed E-state index contributed by atoms with van der Waals surface area (Å²) in [7, 11) is 4.89. The molecule has 0 atom stereocenters. The van der Waals surface area contributed by atoms with Crippen LogP contribution in [0.3, 0.4) is 0 Å². The normalized spacial score (nSPS) is 9.68. The minimum atomic E-state index is -0.300. The molecule has 2 aromatic rings. The average Bonchev–Trinajstić information content (AvgIpc) is 3.03. The Balaban J connectivity index is 2.39. The van der Waals surface area contributed by atoms with E-state index in [0.717, 1.165) is 12.0 Å². The van der Waals surface area contributed by atoms with E-state index in [1.54, 1.807) is 38.0 Å². The molecule has 0 aliphatic heterocycles. The van der Waals surface area contributed by atoms with E-state index in [2.05, 4.69) is 33.4 Å². The van der Waals surface area contributed by atoms with E-state index in [9.17, 15) is 4.79 Å². The molecule has 2 N–H and O–H groups in total. The van der Waals surface area contributed by atoms with Crippen LogP contribution in [-0.2, 0) is 7.05 Å². The van der Waals surface area contributed by atoms with E-state index >= 15 is 0 Å². The number of amides is 1. The van der Waals surface area contributed by atoms with Crippen molar-refractivity contribution >= 4 is 11.7 Å². The molecule has 1 aromatic carbocycles. The fourth-order valence-corrected chi connectivity index (χ4v) is 2.49. The van der Waals surface area contributed by atoms with Gasteiger partial charge in [-0.25, -0.2) is 4.98 Å². The van der Waals surface area contributed by atoms with Gasteiger partial charge in [0, 0.05) is 19.2 Å². The summed E-state index contributed by atoms with van der Waals surface area (Å²) in [6.45, 7) is 2.87. The van der Waals surface area contributed by atoms with Gasteiger partial charge in [0.25, 0.3) is 5.91 Å². The van der Waals surface area contributed by atoms with Crippen molar-refractivity contribution in [3.05, 3.63) is 35.3 Å². The molecule has 2 rings (SSSR count). The number of benzene rings is 1. The number of aromatic nitrogens is 2. The van der Waals surface area contributed by atoms with Gasteiger partial charge in [0.05, 0.1) is 20.8 Å². The zero-order valence-electron chi connectivity index (χ0n) is 16.5. The van der Waals surface area contributed by atoms with Gasteiger partial charge in [0.15, 0.2) is 28.8 Å². The summed E-state index contributed by atoms with van der Waals surface area (Å²) < 4.78 is 12.2. The van der Waals surface area contributed by atoms with Gasteiger partial charge in [0.1, 0.15) is 0 Å². The maximum absolute atomic E-state index is 12.5. The van der Waals surface area contributed by atoms with E-state index in [0.29, 0.717) is 35.4 Å². The number of nitrogens with one attached hydrogen (secondary N) is 2. The van der Waals surface area contributed by atoms with Gasteiger partial charge < -0.3 is 24.7 Å². The molecular weight excluding hydrogens is 356 g/mol. The number of ether oxygens (including phenoxy) is 2. The lowest BCUT2D eigenvalue weighted by molar-refractivity contribution is 0.0951. The number of hydrogen-bond acceptors (Lipinski definition) is 5. The number of methoxy groups -OCH3 is 2. The topological polar surface area (TPSA) is 77.4 Å². The first kappa shape index (κ1) is 20.7. The number of terminal acetylenes is 1. The van der Waals surface area contributed by atoms with Crippen LogP contribution < -0.4 is 20.1 Å². The van der Waals surface area contributed by atoms with Gasteiger partial charge in [-0.15, -0.1) is 6.42 Å². The van der Waals surface area contributed by atoms with E-state index in [-0.39, 0.29) is 12.5 Å². The van der Waals surface area contributed by atoms with Gasteiger partial charge >= 0.3 is 0 Å². The van der Waals surface area contributed by atoms with Crippen molar-refractivity contribution in [2.45, 2.75) is 13.3 Å². The lowest BCUT2D eigenvalue weighted by Crippen LogP contribution is -2.26. The molecule has 7 nitrogen and oxygen atoms in total. The molecular formula is C21H24N4O3. The molecule has 1 heterocycles. The van der Waals surface area contributed by atoms with Crippen molar-refractivity contribution in [2.24, 2.45) is 7.05 Å². The van der Waals surface area contributed by atoms with Crippen LogP contribution in [0.5, 0.6) is 11.5 Å². The lowest BCUT2D eigenvalue weighted by atomic mass is 10.2. The van der Waals surface area contributed by atoms with Crippen LogP contribution in [0.15, 0.2) is 18.2 Å². The van der Waals surface area contributed by atoms with Crippen molar-refractivity contribution in [3.8, 4) is 35.7 Å². The molecule has 0 unspecified atom stereocenters. The van der Waals surface area contributed by atoms with E-state index in [1.165, 1.54) is 0 Å². The predicted molar refractivity (Wildman–Crippen MR) is 109 cm³/mol. The Labute approximate surface area is 165 Å². The van der Waals surface area contributed by atoms with Gasteiger partial charge in [-0.3, -0.25) is 4.79 Å². The van der Waals surface area contributed by atoms with Crippen molar-refractivity contribution in [1.82, 2.24) is 14.9 Å². The van der Waals surface area contributed by atoms with Crippen LogP contribution in [0.1, 0.15) is 35.2 Å². The van der Waals surface area contributed by atoms with Gasteiger partial charge in [-0.05, 0) is 30.5 Å². The maximum Gasteiger partial charge on any atom is 0.272 e. The second-order valence-corrected chi connectivity index (χ2v) is 5.82. The summed E-state index contributed by atoms with van der Waals surface area (Å²) in [4.78, 5) is 16.9. The quantitative estimate of drug-likeness (QED) is 0.719. The highest BCUT2D eigenvalue weighted by Gasteiger charge is 2.20. The molecule has 7 heteroatoms. The smallest absolute Gasteiger partial charge is 0.272 e. The fraction of sp³-hybridized carbons (Fsp3) is 0.333. The van der Waals surface area contributed by atoms with E-state index in [1.807, 2.05) is 13.0 Å². The first-order valence-electron chi connectivity index (χ1n) is 8.81. The molecule has 146 valence electrons. The maximum atomic E-state index is 12.5. The first-order chi connectivity index (χ1) is 13.5. The molecule has 0 fully saturated rings. The van der Waals surface area contributed by atoms with E-state index in [4.69, 9.17) is 15.9 Å². The number of anilines is 1. The summed E-state index contributed by atoms with van der Waals surface area (Å²) in [5.41, 5.74) is 1.13. The number of carbonyl (C=O) groups excluding carboxylic acids is 1.